The molecular formula is C19H16ClFN2OS. The molecule has 1 N–H and O–H groups in total. The molecule has 3 nitrogen and oxygen atoms in total. The van der Waals surface area contributed by atoms with E-state index in [1.54, 1.807) is 13.0 Å². The molecule has 3 rings (SSSR count). The van der Waals surface area contributed by atoms with E-state index in [4.69, 9.17) is 11.6 Å². The molecule has 0 radical (unpaired) electrons. The standard InChI is InChI=1S/C19H16ClFN2OS/c1-12-7-15(21)5-6-17(12)23-18(24)10-16-11-25-19(22-16)9-13-3-2-4-14(20)8-13/h2-8,11H,9-10H2,1H3,(H,23,24). The van der Waals surface area contributed by atoms with E-state index in [0.29, 0.717) is 22.7 Å². The van der Waals surface area contributed by atoms with Crippen LogP contribution in [0.15, 0.2) is 47.8 Å². The van der Waals surface area contributed by atoms with Gasteiger partial charge >= 0.3 is 0 Å². The molecule has 128 valence electrons. The lowest BCUT2D eigenvalue weighted by atomic mass is 10.1. The minimum Gasteiger partial charge on any atom is -0.326 e. The van der Waals surface area contributed by atoms with Gasteiger partial charge in [0.1, 0.15) is 5.82 Å². The molecule has 1 amide bonds. The first kappa shape index (κ1) is 17.6. The topological polar surface area (TPSA) is 42.0 Å². The highest BCUT2D eigenvalue weighted by Gasteiger charge is 2.10. The molecule has 6 heteroatoms. The number of carbonyl (C=O) groups is 1. The van der Waals surface area contributed by atoms with Gasteiger partial charge in [-0.05, 0) is 48.4 Å². The summed E-state index contributed by atoms with van der Waals surface area (Å²) in [5.74, 6) is -0.491. The summed E-state index contributed by atoms with van der Waals surface area (Å²) in [5, 5.41) is 6.31. The van der Waals surface area contributed by atoms with Crippen molar-refractivity contribution in [3.8, 4) is 0 Å². The molecule has 0 atom stereocenters. The van der Waals surface area contributed by atoms with Crippen molar-refractivity contribution in [2.45, 2.75) is 19.8 Å². The van der Waals surface area contributed by atoms with Crippen LogP contribution in [-0.4, -0.2) is 10.9 Å². The van der Waals surface area contributed by atoms with E-state index in [9.17, 15) is 9.18 Å². The van der Waals surface area contributed by atoms with Gasteiger partial charge in [0.15, 0.2) is 0 Å². The fraction of sp³-hybridized carbons (Fsp3) is 0.158. The number of rotatable bonds is 5. The molecule has 2 aromatic carbocycles. The van der Waals surface area contributed by atoms with Gasteiger partial charge in [-0.15, -0.1) is 11.3 Å². The molecule has 1 heterocycles. The summed E-state index contributed by atoms with van der Waals surface area (Å²) in [6, 6.07) is 11.9. The highest BCUT2D eigenvalue weighted by molar-refractivity contribution is 7.09. The van der Waals surface area contributed by atoms with Crippen LogP contribution in [0.3, 0.4) is 0 Å². The molecular weight excluding hydrogens is 359 g/mol. The summed E-state index contributed by atoms with van der Waals surface area (Å²) >= 11 is 7.51. The zero-order valence-corrected chi connectivity index (χ0v) is 15.1. The summed E-state index contributed by atoms with van der Waals surface area (Å²) in [6.45, 7) is 1.75. The quantitative estimate of drug-likeness (QED) is 0.681. The predicted molar refractivity (Wildman–Crippen MR) is 99.8 cm³/mol. The Morgan fingerprint density at radius 2 is 2.12 bits per heavy atom. The molecule has 3 aromatic rings. The smallest absolute Gasteiger partial charge is 0.230 e. The number of nitrogens with one attached hydrogen (secondary N) is 1. The van der Waals surface area contributed by atoms with Crippen LogP contribution in [0.5, 0.6) is 0 Å². The number of carbonyl (C=O) groups excluding carboxylic acids is 1. The molecule has 0 saturated carbocycles. The monoisotopic (exact) mass is 374 g/mol. The first-order valence-corrected chi connectivity index (χ1v) is 8.99. The summed E-state index contributed by atoms with van der Waals surface area (Å²) < 4.78 is 13.1. The van der Waals surface area contributed by atoms with Crippen molar-refractivity contribution < 1.29 is 9.18 Å². The normalized spacial score (nSPS) is 10.7. The Kier molecular flexibility index (Phi) is 5.46. The Morgan fingerprint density at radius 1 is 1.28 bits per heavy atom. The minimum absolute atomic E-state index is 0.172. The van der Waals surface area contributed by atoms with Crippen molar-refractivity contribution >= 4 is 34.5 Å². The number of aromatic nitrogens is 1. The molecule has 0 aliphatic rings. The highest BCUT2D eigenvalue weighted by Crippen LogP contribution is 2.19. The number of nitrogens with zero attached hydrogens (tertiary/aromatic N) is 1. The van der Waals surface area contributed by atoms with Crippen LogP contribution < -0.4 is 5.32 Å². The van der Waals surface area contributed by atoms with Crippen LogP contribution in [0.2, 0.25) is 5.02 Å². The van der Waals surface area contributed by atoms with E-state index < -0.39 is 0 Å². The molecule has 25 heavy (non-hydrogen) atoms. The highest BCUT2D eigenvalue weighted by atomic mass is 35.5. The number of benzene rings is 2. The van der Waals surface area contributed by atoms with Crippen molar-refractivity contribution in [1.29, 1.82) is 0 Å². The number of aryl methyl sites for hydroxylation is 1. The molecule has 0 fully saturated rings. The SMILES string of the molecule is Cc1cc(F)ccc1NC(=O)Cc1csc(Cc2cccc(Cl)c2)n1. The lowest BCUT2D eigenvalue weighted by Gasteiger charge is -2.07. The average Bonchev–Trinajstić information content (AvgIpc) is 2.97. The van der Waals surface area contributed by atoms with Crippen LogP contribution in [0, 0.1) is 12.7 Å². The fourth-order valence-corrected chi connectivity index (χ4v) is 3.50. The second kappa shape index (κ2) is 7.76. The van der Waals surface area contributed by atoms with Gasteiger partial charge in [-0.1, -0.05) is 23.7 Å². The maximum atomic E-state index is 13.1. The van der Waals surface area contributed by atoms with E-state index >= 15 is 0 Å². The number of hydrogen-bond donors (Lipinski definition) is 1. The van der Waals surface area contributed by atoms with Gasteiger partial charge in [0, 0.05) is 22.5 Å². The summed E-state index contributed by atoms with van der Waals surface area (Å²) in [6.07, 6.45) is 0.868. The molecule has 0 aliphatic heterocycles. The second-order valence-electron chi connectivity index (χ2n) is 5.72. The molecule has 1 aromatic heterocycles. The van der Waals surface area contributed by atoms with Crippen molar-refractivity contribution in [3.05, 3.63) is 80.5 Å². The Balaban J connectivity index is 1.61. The number of halogens is 2. The average molecular weight is 375 g/mol. The minimum atomic E-state index is -0.319. The zero-order valence-electron chi connectivity index (χ0n) is 13.6. The molecule has 0 spiro atoms. The first-order valence-electron chi connectivity index (χ1n) is 7.73. The van der Waals surface area contributed by atoms with E-state index in [-0.39, 0.29) is 18.1 Å². The Morgan fingerprint density at radius 3 is 2.88 bits per heavy atom. The van der Waals surface area contributed by atoms with Gasteiger partial charge in [-0.2, -0.15) is 0 Å². The van der Waals surface area contributed by atoms with Gasteiger partial charge in [0.2, 0.25) is 5.91 Å². The Bertz CT molecular complexity index is 910. The van der Waals surface area contributed by atoms with Gasteiger partial charge in [0.05, 0.1) is 17.1 Å². The summed E-state index contributed by atoms with van der Waals surface area (Å²) in [4.78, 5) is 16.7. The van der Waals surface area contributed by atoms with Crippen LogP contribution >= 0.6 is 22.9 Å². The van der Waals surface area contributed by atoms with Crippen molar-refractivity contribution in [2.75, 3.05) is 5.32 Å². The number of thiazole rings is 1. The summed E-state index contributed by atoms with van der Waals surface area (Å²) in [7, 11) is 0. The lowest BCUT2D eigenvalue weighted by Crippen LogP contribution is -2.15. The second-order valence-corrected chi connectivity index (χ2v) is 7.10. The molecule has 0 saturated heterocycles. The predicted octanol–water partition coefficient (Wildman–Crippen LogP) is 5.02. The zero-order chi connectivity index (χ0) is 17.8. The number of amides is 1. The summed E-state index contributed by atoms with van der Waals surface area (Å²) in [5.41, 5.74) is 3.10. The van der Waals surface area contributed by atoms with Crippen LogP contribution in [-0.2, 0) is 17.6 Å². The largest absolute Gasteiger partial charge is 0.326 e. The van der Waals surface area contributed by atoms with E-state index in [2.05, 4.69) is 10.3 Å². The van der Waals surface area contributed by atoms with Crippen LogP contribution in [0.4, 0.5) is 10.1 Å². The third-order valence-electron chi connectivity index (χ3n) is 3.65. The van der Waals surface area contributed by atoms with Crippen molar-refractivity contribution in [2.24, 2.45) is 0 Å². The van der Waals surface area contributed by atoms with E-state index in [0.717, 1.165) is 16.3 Å². The van der Waals surface area contributed by atoms with Crippen LogP contribution in [0.1, 0.15) is 21.8 Å². The molecule has 0 bridgehead atoms. The van der Waals surface area contributed by atoms with Gasteiger partial charge in [-0.25, -0.2) is 9.37 Å². The van der Waals surface area contributed by atoms with Gasteiger partial charge in [0.25, 0.3) is 0 Å². The molecule has 0 unspecified atom stereocenters. The first-order chi connectivity index (χ1) is 12.0. The van der Waals surface area contributed by atoms with Gasteiger partial charge < -0.3 is 5.32 Å². The number of hydrogen-bond acceptors (Lipinski definition) is 3. The Hall–Kier alpha value is -2.24. The maximum Gasteiger partial charge on any atom is 0.230 e. The third kappa shape index (κ3) is 4.87. The lowest BCUT2D eigenvalue weighted by molar-refractivity contribution is -0.115. The third-order valence-corrected chi connectivity index (χ3v) is 4.78. The van der Waals surface area contributed by atoms with E-state index in [1.807, 2.05) is 29.6 Å². The number of anilines is 1. The Labute approximate surface area is 154 Å². The van der Waals surface area contributed by atoms with Crippen LogP contribution in [0.25, 0.3) is 0 Å². The van der Waals surface area contributed by atoms with E-state index in [1.165, 1.54) is 23.5 Å². The van der Waals surface area contributed by atoms with Crippen molar-refractivity contribution in [3.63, 3.8) is 0 Å². The van der Waals surface area contributed by atoms with Gasteiger partial charge in [-0.3, -0.25) is 4.79 Å². The maximum absolute atomic E-state index is 13.1. The fourth-order valence-electron chi connectivity index (χ4n) is 2.46. The molecule has 0 aliphatic carbocycles. The van der Waals surface area contributed by atoms with Crippen molar-refractivity contribution in [1.82, 2.24) is 4.98 Å².